The van der Waals surface area contributed by atoms with Gasteiger partial charge in [-0.05, 0) is 59.9 Å². The van der Waals surface area contributed by atoms with Crippen molar-refractivity contribution in [2.24, 2.45) is 0 Å². The monoisotopic (exact) mass is 358 g/mol. The molecule has 0 fully saturated rings. The van der Waals surface area contributed by atoms with Gasteiger partial charge in [-0.15, -0.1) is 13.2 Å². The maximum atomic E-state index is 12.5. The molecular weight excluding hydrogens is 348 g/mol. The molecule has 120 valence electrons. The Kier molecular flexibility index (Phi) is 4.07. The summed E-state index contributed by atoms with van der Waals surface area (Å²) in [4.78, 5) is 0. The van der Waals surface area contributed by atoms with Gasteiger partial charge in [-0.3, -0.25) is 0 Å². The molecule has 0 bridgehead atoms. The minimum absolute atomic E-state index is 0.0498. The van der Waals surface area contributed by atoms with Crippen molar-refractivity contribution in [3.8, 4) is 5.75 Å². The van der Waals surface area contributed by atoms with Gasteiger partial charge in [0.25, 0.3) is 0 Å². The Balaban J connectivity index is 2.08. The van der Waals surface area contributed by atoms with E-state index in [-0.39, 0.29) is 10.8 Å². The van der Waals surface area contributed by atoms with Crippen molar-refractivity contribution in [3.63, 3.8) is 0 Å². The molecule has 0 saturated carbocycles. The molecule has 3 rings (SSSR count). The molecule has 0 unspecified atom stereocenters. The second-order valence-corrected chi connectivity index (χ2v) is 6.17. The number of allylic oxidation sites excluding steroid dienone is 1. The molecule has 2 aromatic rings. The standard InChI is InChI=1S/C17H11Cl2F3O/c1-9-6-11-7-14(19)15(23-17(20,21)22)8-13(11)16(9)10-2-4-12(18)5-3-10/h2-5,7-8H,6H2,1H3. The number of ether oxygens (including phenoxy) is 1. The van der Waals surface area contributed by atoms with Crippen LogP contribution in [0.3, 0.4) is 0 Å². The normalized spacial score (nSPS) is 14.2. The first kappa shape index (κ1) is 16.2. The molecule has 0 radical (unpaired) electrons. The van der Waals surface area contributed by atoms with Crippen molar-refractivity contribution in [3.05, 3.63) is 68.7 Å². The number of halogens is 5. The van der Waals surface area contributed by atoms with Gasteiger partial charge in [0, 0.05) is 5.02 Å². The van der Waals surface area contributed by atoms with E-state index in [0.29, 0.717) is 17.0 Å². The van der Waals surface area contributed by atoms with Crippen molar-refractivity contribution >= 4 is 28.8 Å². The van der Waals surface area contributed by atoms with Gasteiger partial charge in [0.1, 0.15) is 5.75 Å². The molecule has 2 aromatic carbocycles. The smallest absolute Gasteiger partial charge is 0.404 e. The molecule has 6 heteroatoms. The van der Waals surface area contributed by atoms with Gasteiger partial charge in [0.15, 0.2) is 0 Å². The van der Waals surface area contributed by atoms with Crippen LogP contribution in [0.2, 0.25) is 10.0 Å². The third-order valence-electron chi connectivity index (χ3n) is 3.67. The van der Waals surface area contributed by atoms with Gasteiger partial charge in [0.05, 0.1) is 5.02 Å². The van der Waals surface area contributed by atoms with E-state index in [1.54, 1.807) is 12.1 Å². The molecule has 1 aliphatic carbocycles. The molecule has 0 aromatic heterocycles. The van der Waals surface area contributed by atoms with Gasteiger partial charge in [0.2, 0.25) is 0 Å². The van der Waals surface area contributed by atoms with Gasteiger partial charge in [-0.25, -0.2) is 0 Å². The summed E-state index contributed by atoms with van der Waals surface area (Å²) >= 11 is 11.8. The molecule has 1 aliphatic rings. The van der Waals surface area contributed by atoms with Crippen LogP contribution in [0.5, 0.6) is 5.75 Å². The second-order valence-electron chi connectivity index (χ2n) is 5.33. The van der Waals surface area contributed by atoms with Crippen molar-refractivity contribution in [1.29, 1.82) is 0 Å². The Morgan fingerprint density at radius 1 is 1.04 bits per heavy atom. The second kappa shape index (κ2) is 5.77. The number of rotatable bonds is 2. The zero-order valence-electron chi connectivity index (χ0n) is 12.0. The molecule has 0 atom stereocenters. The number of hydrogen-bond acceptors (Lipinski definition) is 1. The van der Waals surface area contributed by atoms with Crippen LogP contribution >= 0.6 is 23.2 Å². The molecule has 23 heavy (non-hydrogen) atoms. The minimum Gasteiger partial charge on any atom is -0.404 e. The van der Waals surface area contributed by atoms with E-state index in [2.05, 4.69) is 4.74 Å². The number of hydrogen-bond donors (Lipinski definition) is 0. The zero-order valence-corrected chi connectivity index (χ0v) is 13.5. The van der Waals surface area contributed by atoms with Crippen LogP contribution in [-0.2, 0) is 6.42 Å². The summed E-state index contributed by atoms with van der Waals surface area (Å²) in [5.74, 6) is -0.390. The average Bonchev–Trinajstić information content (AvgIpc) is 2.74. The summed E-state index contributed by atoms with van der Waals surface area (Å²) in [7, 11) is 0. The van der Waals surface area contributed by atoms with E-state index in [1.165, 1.54) is 12.1 Å². The Labute approximate surface area is 141 Å². The van der Waals surface area contributed by atoms with E-state index < -0.39 is 6.36 Å². The van der Waals surface area contributed by atoms with E-state index in [4.69, 9.17) is 23.2 Å². The van der Waals surface area contributed by atoms with Gasteiger partial charge >= 0.3 is 6.36 Å². The molecular formula is C17H11Cl2F3O. The fourth-order valence-corrected chi connectivity index (χ4v) is 3.15. The largest absolute Gasteiger partial charge is 0.573 e. The number of fused-ring (bicyclic) bond motifs is 1. The SMILES string of the molecule is CC1=C(c2ccc(Cl)cc2)c2cc(OC(F)(F)F)c(Cl)cc2C1. The Morgan fingerprint density at radius 2 is 1.70 bits per heavy atom. The highest BCUT2D eigenvalue weighted by molar-refractivity contribution is 6.32. The van der Waals surface area contributed by atoms with E-state index in [1.807, 2.05) is 19.1 Å². The van der Waals surface area contributed by atoms with Crippen LogP contribution in [0.1, 0.15) is 23.6 Å². The minimum atomic E-state index is -4.78. The molecule has 0 N–H and O–H groups in total. The lowest BCUT2D eigenvalue weighted by atomic mass is 9.98. The highest BCUT2D eigenvalue weighted by Gasteiger charge is 2.33. The maximum Gasteiger partial charge on any atom is 0.573 e. The topological polar surface area (TPSA) is 9.23 Å². The fraction of sp³-hybridized carbons (Fsp3) is 0.176. The summed E-state index contributed by atoms with van der Waals surface area (Å²) in [6, 6.07) is 10.1. The van der Waals surface area contributed by atoms with E-state index in [9.17, 15) is 13.2 Å². The van der Waals surface area contributed by atoms with Gasteiger partial charge in [-0.1, -0.05) is 40.9 Å². The highest BCUT2D eigenvalue weighted by atomic mass is 35.5. The average molecular weight is 359 g/mol. The van der Waals surface area contributed by atoms with Crippen molar-refractivity contribution in [2.45, 2.75) is 19.7 Å². The lowest BCUT2D eigenvalue weighted by molar-refractivity contribution is -0.274. The predicted molar refractivity (Wildman–Crippen MR) is 85.0 cm³/mol. The molecule has 0 aliphatic heterocycles. The third-order valence-corrected chi connectivity index (χ3v) is 4.22. The highest BCUT2D eigenvalue weighted by Crippen LogP contribution is 2.43. The summed E-state index contributed by atoms with van der Waals surface area (Å²) in [6.45, 7) is 1.95. The van der Waals surface area contributed by atoms with Crippen molar-refractivity contribution < 1.29 is 17.9 Å². The van der Waals surface area contributed by atoms with Gasteiger partial charge in [-0.2, -0.15) is 0 Å². The first-order valence-electron chi connectivity index (χ1n) is 6.79. The van der Waals surface area contributed by atoms with E-state index in [0.717, 1.165) is 22.3 Å². The number of benzene rings is 2. The Hall–Kier alpha value is -1.65. The Morgan fingerprint density at radius 3 is 2.30 bits per heavy atom. The summed E-state index contributed by atoms with van der Waals surface area (Å²) < 4.78 is 41.5. The third kappa shape index (κ3) is 3.33. The van der Waals surface area contributed by atoms with Crippen LogP contribution in [0, 0.1) is 0 Å². The molecule has 0 amide bonds. The molecule has 0 saturated heterocycles. The predicted octanol–water partition coefficient (Wildman–Crippen LogP) is 6.27. The first-order chi connectivity index (χ1) is 10.7. The van der Waals surface area contributed by atoms with Crippen molar-refractivity contribution in [2.75, 3.05) is 0 Å². The van der Waals surface area contributed by atoms with E-state index >= 15 is 0 Å². The molecule has 0 spiro atoms. The lowest BCUT2D eigenvalue weighted by Crippen LogP contribution is -2.17. The zero-order chi connectivity index (χ0) is 16.8. The van der Waals surface area contributed by atoms with Crippen molar-refractivity contribution in [1.82, 2.24) is 0 Å². The summed E-state index contributed by atoms with van der Waals surface area (Å²) in [5, 5.41) is 0.550. The van der Waals surface area contributed by atoms with Crippen LogP contribution in [0.4, 0.5) is 13.2 Å². The number of alkyl halides is 3. The van der Waals surface area contributed by atoms with Crippen LogP contribution < -0.4 is 4.74 Å². The van der Waals surface area contributed by atoms with Gasteiger partial charge < -0.3 is 4.74 Å². The fourth-order valence-electron chi connectivity index (χ4n) is 2.80. The summed E-state index contributed by atoms with van der Waals surface area (Å²) in [6.07, 6.45) is -4.14. The first-order valence-corrected chi connectivity index (χ1v) is 7.54. The maximum absolute atomic E-state index is 12.5. The summed E-state index contributed by atoms with van der Waals surface area (Å²) in [5.41, 5.74) is 4.43. The Bertz CT molecular complexity index is 793. The lowest BCUT2D eigenvalue weighted by Gasteiger charge is -2.14. The molecule has 0 heterocycles. The quantitative estimate of drug-likeness (QED) is 0.614. The molecule has 1 nitrogen and oxygen atoms in total. The van der Waals surface area contributed by atoms with Crippen LogP contribution in [0.15, 0.2) is 42.0 Å². The van der Waals surface area contributed by atoms with Crippen LogP contribution in [-0.4, -0.2) is 6.36 Å². The van der Waals surface area contributed by atoms with Crippen LogP contribution in [0.25, 0.3) is 5.57 Å².